The summed E-state index contributed by atoms with van der Waals surface area (Å²) in [5.74, 6) is -2.56. The van der Waals surface area contributed by atoms with Crippen LogP contribution in [0.5, 0.6) is 0 Å². The van der Waals surface area contributed by atoms with E-state index >= 15 is 0 Å². The molecule has 1 N–H and O–H groups in total. The maximum atomic E-state index is 12.3. The fourth-order valence-electron chi connectivity index (χ4n) is 2.31. The lowest BCUT2D eigenvalue weighted by Crippen LogP contribution is -2.38. The van der Waals surface area contributed by atoms with Gasteiger partial charge < -0.3 is 20.0 Å². The van der Waals surface area contributed by atoms with Gasteiger partial charge in [0, 0.05) is 24.0 Å². The Morgan fingerprint density at radius 2 is 2.19 bits per heavy atom. The summed E-state index contributed by atoms with van der Waals surface area (Å²) in [5.41, 5.74) is 0.343. The molecule has 0 aliphatic carbocycles. The smallest absolute Gasteiger partial charge is 0.230 e. The average molecular weight is 331 g/mol. The monoisotopic (exact) mass is 330 g/mol. The summed E-state index contributed by atoms with van der Waals surface area (Å²) in [6, 6.07) is 4.66. The first kappa shape index (κ1) is 16.1. The number of carboxylic acids is 1. The number of hydrogen-bond donors (Lipinski definition) is 1. The van der Waals surface area contributed by atoms with Crippen LogP contribution in [0.2, 0.25) is 10.0 Å². The van der Waals surface area contributed by atoms with Gasteiger partial charge >= 0.3 is 0 Å². The number of aliphatic carboxylic acids is 1. The zero-order valence-corrected chi connectivity index (χ0v) is 12.6. The van der Waals surface area contributed by atoms with Gasteiger partial charge in [0.05, 0.1) is 22.7 Å². The third-order valence-corrected chi connectivity index (χ3v) is 3.89. The molecule has 2 rings (SSSR count). The van der Waals surface area contributed by atoms with Crippen LogP contribution in [0.1, 0.15) is 19.3 Å². The van der Waals surface area contributed by atoms with Gasteiger partial charge in [0.25, 0.3) is 0 Å². The van der Waals surface area contributed by atoms with E-state index in [1.54, 1.807) is 12.1 Å². The van der Waals surface area contributed by atoms with Gasteiger partial charge in [-0.15, -0.1) is 0 Å². The molecule has 1 aromatic rings. The number of carbonyl (C=O) groups is 2. The Kier molecular flexibility index (Phi) is 5.45. The summed E-state index contributed by atoms with van der Waals surface area (Å²) >= 11 is 11.8. The van der Waals surface area contributed by atoms with Crippen molar-refractivity contribution < 1.29 is 19.4 Å². The second-order valence-corrected chi connectivity index (χ2v) is 5.69. The van der Waals surface area contributed by atoms with Crippen molar-refractivity contribution in [3.05, 3.63) is 28.2 Å². The van der Waals surface area contributed by atoms with E-state index in [-0.39, 0.29) is 0 Å². The van der Waals surface area contributed by atoms with E-state index in [1.807, 2.05) is 0 Å². The number of halogens is 2. The summed E-state index contributed by atoms with van der Waals surface area (Å²) in [4.78, 5) is 23.2. The van der Waals surface area contributed by atoms with Crippen LogP contribution in [0.3, 0.4) is 0 Å². The van der Waals surface area contributed by atoms with E-state index in [0.29, 0.717) is 28.8 Å². The molecule has 1 heterocycles. The van der Waals surface area contributed by atoms with E-state index in [0.717, 1.165) is 6.42 Å². The van der Waals surface area contributed by atoms with E-state index in [4.69, 9.17) is 27.9 Å². The number of carbonyl (C=O) groups excluding carboxylic acids is 2. The predicted octanol–water partition coefficient (Wildman–Crippen LogP) is 1.87. The highest BCUT2D eigenvalue weighted by Gasteiger charge is 2.32. The van der Waals surface area contributed by atoms with E-state index < -0.39 is 30.3 Å². The molecule has 0 unspecified atom stereocenters. The van der Waals surface area contributed by atoms with Crippen molar-refractivity contribution in [2.24, 2.45) is 5.92 Å². The highest BCUT2D eigenvalue weighted by Crippen LogP contribution is 2.28. The summed E-state index contributed by atoms with van der Waals surface area (Å²) in [7, 11) is 0. The number of ether oxygens (including phenoxy) is 1. The van der Waals surface area contributed by atoms with Crippen LogP contribution in [-0.2, 0) is 14.3 Å². The fraction of sp³-hybridized carbons (Fsp3) is 0.429. The standard InChI is InChI=1S/C14H15Cl2NO4/c15-8-3-4-10(16)11(6-8)17-14(20)9(7-13(18)19)12-2-1-5-21-12/h3-4,6,9,12H,1-2,5,7H2,(H,17,20)(H,18,19)/p-1/t9-,12-/m1/s1. The van der Waals surface area contributed by atoms with Crippen molar-refractivity contribution >= 4 is 40.8 Å². The van der Waals surface area contributed by atoms with Crippen molar-refractivity contribution in [3.8, 4) is 0 Å². The fourth-order valence-corrected chi connectivity index (χ4v) is 2.65. The lowest BCUT2D eigenvalue weighted by molar-refractivity contribution is -0.307. The maximum Gasteiger partial charge on any atom is 0.230 e. The number of hydrogen-bond acceptors (Lipinski definition) is 4. The Morgan fingerprint density at radius 3 is 2.81 bits per heavy atom. The van der Waals surface area contributed by atoms with Gasteiger partial charge in [-0.25, -0.2) is 0 Å². The number of rotatable bonds is 5. The number of anilines is 1. The van der Waals surface area contributed by atoms with E-state index in [2.05, 4.69) is 5.32 Å². The van der Waals surface area contributed by atoms with Crippen molar-refractivity contribution in [1.82, 2.24) is 0 Å². The van der Waals surface area contributed by atoms with Crippen molar-refractivity contribution in [2.45, 2.75) is 25.4 Å². The highest BCUT2D eigenvalue weighted by molar-refractivity contribution is 6.35. The van der Waals surface area contributed by atoms with Crippen LogP contribution >= 0.6 is 23.2 Å². The molecule has 1 saturated heterocycles. The van der Waals surface area contributed by atoms with Crippen LogP contribution in [0.4, 0.5) is 5.69 Å². The molecule has 114 valence electrons. The number of nitrogens with one attached hydrogen (secondary N) is 1. The molecule has 1 fully saturated rings. The minimum Gasteiger partial charge on any atom is -0.550 e. The molecule has 0 aromatic heterocycles. The molecular weight excluding hydrogens is 317 g/mol. The summed E-state index contributed by atoms with van der Waals surface area (Å²) in [6.07, 6.45) is 0.642. The molecule has 0 saturated carbocycles. The molecule has 0 radical (unpaired) electrons. The SMILES string of the molecule is O=C([O-])C[C@@H](C(=O)Nc1cc(Cl)ccc1Cl)[C@H]1CCCO1. The third-order valence-electron chi connectivity index (χ3n) is 3.32. The third kappa shape index (κ3) is 4.33. The highest BCUT2D eigenvalue weighted by atomic mass is 35.5. The van der Waals surface area contributed by atoms with Gasteiger partial charge in [-0.1, -0.05) is 23.2 Å². The molecule has 1 aromatic carbocycles. The Bertz CT molecular complexity index is 544. The second kappa shape index (κ2) is 7.11. The average Bonchev–Trinajstić information content (AvgIpc) is 2.93. The van der Waals surface area contributed by atoms with Crippen molar-refractivity contribution in [2.75, 3.05) is 11.9 Å². The molecule has 1 amide bonds. The minimum atomic E-state index is -1.29. The van der Waals surface area contributed by atoms with Crippen LogP contribution in [-0.4, -0.2) is 24.6 Å². The van der Waals surface area contributed by atoms with Gasteiger partial charge in [-0.05, 0) is 31.0 Å². The second-order valence-electron chi connectivity index (χ2n) is 4.85. The molecule has 0 spiro atoms. The Morgan fingerprint density at radius 1 is 1.43 bits per heavy atom. The number of carboxylic acid groups (broad SMARTS) is 1. The Labute approximate surface area is 132 Å². The summed E-state index contributed by atoms with van der Waals surface area (Å²) in [5, 5.41) is 14.2. The van der Waals surface area contributed by atoms with Crippen LogP contribution in [0.15, 0.2) is 18.2 Å². The molecule has 1 aliphatic rings. The first-order valence-electron chi connectivity index (χ1n) is 6.54. The quantitative estimate of drug-likeness (QED) is 0.893. The van der Waals surface area contributed by atoms with Gasteiger partial charge in [-0.3, -0.25) is 4.79 Å². The number of benzene rings is 1. The van der Waals surface area contributed by atoms with Gasteiger partial charge in [0.15, 0.2) is 0 Å². The van der Waals surface area contributed by atoms with E-state index in [1.165, 1.54) is 6.07 Å². The van der Waals surface area contributed by atoms with Crippen LogP contribution in [0.25, 0.3) is 0 Å². The van der Waals surface area contributed by atoms with Gasteiger partial charge in [0.1, 0.15) is 0 Å². The Balaban J connectivity index is 2.13. The van der Waals surface area contributed by atoms with Crippen molar-refractivity contribution in [3.63, 3.8) is 0 Å². The molecule has 21 heavy (non-hydrogen) atoms. The zero-order valence-electron chi connectivity index (χ0n) is 11.1. The molecular formula is C14H14Cl2NO4-. The number of amides is 1. The first-order chi connectivity index (χ1) is 9.97. The van der Waals surface area contributed by atoms with Crippen molar-refractivity contribution in [1.29, 1.82) is 0 Å². The minimum absolute atomic E-state index is 0.326. The maximum absolute atomic E-state index is 12.3. The van der Waals surface area contributed by atoms with Gasteiger partial charge in [-0.2, -0.15) is 0 Å². The lowest BCUT2D eigenvalue weighted by atomic mass is 9.95. The topological polar surface area (TPSA) is 78.5 Å². The zero-order chi connectivity index (χ0) is 15.4. The van der Waals surface area contributed by atoms with E-state index in [9.17, 15) is 14.7 Å². The molecule has 7 heteroatoms. The Hall–Kier alpha value is -1.30. The molecule has 0 bridgehead atoms. The molecule has 5 nitrogen and oxygen atoms in total. The molecule has 2 atom stereocenters. The normalized spacial score (nSPS) is 19.2. The largest absolute Gasteiger partial charge is 0.550 e. The van der Waals surface area contributed by atoms with Crippen LogP contribution in [0, 0.1) is 5.92 Å². The first-order valence-corrected chi connectivity index (χ1v) is 7.30. The predicted molar refractivity (Wildman–Crippen MR) is 77.2 cm³/mol. The summed E-state index contributed by atoms with van der Waals surface area (Å²) < 4.78 is 5.42. The lowest BCUT2D eigenvalue weighted by Gasteiger charge is -2.23. The van der Waals surface area contributed by atoms with Crippen LogP contribution < -0.4 is 10.4 Å². The van der Waals surface area contributed by atoms with Gasteiger partial charge in [0.2, 0.25) is 5.91 Å². The summed E-state index contributed by atoms with van der Waals surface area (Å²) in [6.45, 7) is 0.527. The molecule has 1 aliphatic heterocycles.